The van der Waals surface area contributed by atoms with Gasteiger partial charge in [-0.3, -0.25) is 0 Å². The first-order chi connectivity index (χ1) is 6.27. The van der Waals surface area contributed by atoms with E-state index in [1.807, 2.05) is 13.0 Å². The first-order valence-electron chi connectivity index (χ1n) is 4.12. The molecule has 0 radical (unpaired) electrons. The van der Waals surface area contributed by atoms with Crippen molar-refractivity contribution >= 4 is 5.57 Å². The SMILES string of the molecule is CC/C(=C/C#N)c1cccc(F)c1. The summed E-state index contributed by atoms with van der Waals surface area (Å²) in [5.41, 5.74) is 1.64. The zero-order chi connectivity index (χ0) is 9.68. The average molecular weight is 175 g/mol. The van der Waals surface area contributed by atoms with Crippen molar-refractivity contribution in [3.63, 3.8) is 0 Å². The predicted molar refractivity (Wildman–Crippen MR) is 50.3 cm³/mol. The van der Waals surface area contributed by atoms with Gasteiger partial charge in [-0.2, -0.15) is 5.26 Å². The van der Waals surface area contributed by atoms with Gasteiger partial charge in [-0.05, 0) is 29.7 Å². The van der Waals surface area contributed by atoms with Crippen molar-refractivity contribution in [1.29, 1.82) is 5.26 Å². The highest BCUT2D eigenvalue weighted by molar-refractivity contribution is 5.67. The number of nitriles is 1. The zero-order valence-corrected chi connectivity index (χ0v) is 7.42. The number of halogens is 1. The molecule has 0 fully saturated rings. The van der Waals surface area contributed by atoms with Crippen molar-refractivity contribution in [3.05, 3.63) is 41.7 Å². The minimum Gasteiger partial charge on any atom is -0.207 e. The summed E-state index contributed by atoms with van der Waals surface area (Å²) in [5, 5.41) is 8.48. The fourth-order valence-electron chi connectivity index (χ4n) is 1.16. The van der Waals surface area contributed by atoms with Crippen LogP contribution in [-0.4, -0.2) is 0 Å². The van der Waals surface area contributed by atoms with Crippen molar-refractivity contribution < 1.29 is 4.39 Å². The molecule has 1 aromatic carbocycles. The topological polar surface area (TPSA) is 23.8 Å². The van der Waals surface area contributed by atoms with Crippen LogP contribution < -0.4 is 0 Å². The van der Waals surface area contributed by atoms with E-state index >= 15 is 0 Å². The van der Waals surface area contributed by atoms with Crippen molar-refractivity contribution in [2.75, 3.05) is 0 Å². The molecule has 0 saturated carbocycles. The number of hydrogen-bond acceptors (Lipinski definition) is 1. The molecular weight excluding hydrogens is 165 g/mol. The summed E-state index contributed by atoms with van der Waals surface area (Å²) in [5.74, 6) is -0.269. The number of benzene rings is 1. The Balaban J connectivity index is 3.07. The molecule has 0 atom stereocenters. The molecule has 13 heavy (non-hydrogen) atoms. The van der Waals surface area contributed by atoms with Gasteiger partial charge >= 0.3 is 0 Å². The van der Waals surface area contributed by atoms with Crippen LogP contribution in [0.15, 0.2) is 30.3 Å². The normalized spacial score (nSPS) is 11.0. The van der Waals surface area contributed by atoms with E-state index in [9.17, 15) is 4.39 Å². The smallest absolute Gasteiger partial charge is 0.123 e. The standard InChI is InChI=1S/C11H10FN/c1-2-9(6-7-13)10-4-3-5-11(12)8-10/h3-6,8H,2H2,1H3/b9-6-. The van der Waals surface area contributed by atoms with Crippen LogP contribution in [0, 0.1) is 17.1 Å². The monoisotopic (exact) mass is 175 g/mol. The van der Waals surface area contributed by atoms with Crippen LogP contribution in [0.3, 0.4) is 0 Å². The molecule has 1 nitrogen and oxygen atoms in total. The molecule has 1 aromatic rings. The van der Waals surface area contributed by atoms with Crippen LogP contribution >= 0.6 is 0 Å². The molecule has 0 aliphatic heterocycles. The highest BCUT2D eigenvalue weighted by atomic mass is 19.1. The summed E-state index contributed by atoms with van der Waals surface area (Å²) in [6.07, 6.45) is 2.19. The second-order valence-corrected chi connectivity index (χ2v) is 2.66. The van der Waals surface area contributed by atoms with E-state index in [2.05, 4.69) is 0 Å². The molecule has 0 aromatic heterocycles. The quantitative estimate of drug-likeness (QED) is 0.633. The Morgan fingerprint density at radius 3 is 2.92 bits per heavy atom. The molecule has 0 heterocycles. The van der Waals surface area contributed by atoms with Crippen LogP contribution in [-0.2, 0) is 0 Å². The summed E-state index contributed by atoms with van der Waals surface area (Å²) in [6.45, 7) is 1.94. The average Bonchev–Trinajstić information content (AvgIpc) is 2.14. The number of rotatable bonds is 2. The first-order valence-corrected chi connectivity index (χ1v) is 4.12. The van der Waals surface area contributed by atoms with Crippen LogP contribution in [0.4, 0.5) is 4.39 Å². The van der Waals surface area contributed by atoms with E-state index in [0.29, 0.717) is 0 Å². The number of nitrogens with zero attached hydrogens (tertiary/aromatic N) is 1. The molecule has 0 bridgehead atoms. The Kier molecular flexibility index (Phi) is 3.22. The predicted octanol–water partition coefficient (Wildman–Crippen LogP) is 3.14. The van der Waals surface area contributed by atoms with Gasteiger partial charge in [-0.25, -0.2) is 4.39 Å². The lowest BCUT2D eigenvalue weighted by Gasteiger charge is -2.02. The molecule has 0 unspecified atom stereocenters. The highest BCUT2D eigenvalue weighted by Gasteiger charge is 1.99. The van der Waals surface area contributed by atoms with Crippen molar-refractivity contribution in [2.45, 2.75) is 13.3 Å². The molecule has 0 N–H and O–H groups in total. The molecule has 0 amide bonds. The maximum atomic E-state index is 12.8. The minimum absolute atomic E-state index is 0.269. The third-order valence-electron chi connectivity index (χ3n) is 1.82. The van der Waals surface area contributed by atoms with E-state index in [1.165, 1.54) is 18.2 Å². The van der Waals surface area contributed by atoms with Gasteiger partial charge < -0.3 is 0 Å². The molecule has 66 valence electrons. The van der Waals surface area contributed by atoms with Gasteiger partial charge in [0.15, 0.2) is 0 Å². The molecule has 0 saturated heterocycles. The third-order valence-corrected chi connectivity index (χ3v) is 1.82. The first kappa shape index (κ1) is 9.47. The lowest BCUT2D eigenvalue weighted by Crippen LogP contribution is -1.83. The molecule has 0 aliphatic carbocycles. The second kappa shape index (κ2) is 4.42. The van der Waals surface area contributed by atoms with Gasteiger partial charge in [-0.15, -0.1) is 0 Å². The van der Waals surface area contributed by atoms with Gasteiger partial charge in [0.1, 0.15) is 5.82 Å². The Hall–Kier alpha value is -1.62. The molecule has 0 spiro atoms. The van der Waals surface area contributed by atoms with Gasteiger partial charge in [-0.1, -0.05) is 19.1 Å². The molecule has 0 aliphatic rings. The van der Waals surface area contributed by atoms with E-state index in [1.54, 1.807) is 12.1 Å². The summed E-state index contributed by atoms with van der Waals surface area (Å²) < 4.78 is 12.8. The van der Waals surface area contributed by atoms with Gasteiger partial charge in [0, 0.05) is 6.08 Å². The van der Waals surface area contributed by atoms with Crippen LogP contribution in [0.2, 0.25) is 0 Å². The fraction of sp³-hybridized carbons (Fsp3) is 0.182. The van der Waals surface area contributed by atoms with Crippen molar-refractivity contribution in [3.8, 4) is 6.07 Å². The zero-order valence-electron chi connectivity index (χ0n) is 7.42. The summed E-state index contributed by atoms with van der Waals surface area (Å²) in [7, 11) is 0. The Morgan fingerprint density at radius 1 is 1.62 bits per heavy atom. The van der Waals surface area contributed by atoms with Gasteiger partial charge in [0.05, 0.1) is 6.07 Å². The Bertz CT molecular complexity index is 361. The maximum absolute atomic E-state index is 12.8. The summed E-state index contributed by atoms with van der Waals surface area (Å²) >= 11 is 0. The molecule has 2 heteroatoms. The summed E-state index contributed by atoms with van der Waals surface area (Å²) in [4.78, 5) is 0. The van der Waals surface area contributed by atoms with E-state index in [0.717, 1.165) is 17.6 Å². The molecule has 1 rings (SSSR count). The van der Waals surface area contributed by atoms with E-state index in [-0.39, 0.29) is 5.82 Å². The maximum Gasteiger partial charge on any atom is 0.123 e. The number of allylic oxidation sites excluding steroid dienone is 2. The third kappa shape index (κ3) is 2.41. The minimum atomic E-state index is -0.269. The van der Waals surface area contributed by atoms with Crippen LogP contribution in [0.25, 0.3) is 5.57 Å². The lowest BCUT2D eigenvalue weighted by atomic mass is 10.0. The van der Waals surface area contributed by atoms with Crippen molar-refractivity contribution in [1.82, 2.24) is 0 Å². The molecular formula is C11H10FN. The Morgan fingerprint density at radius 2 is 2.38 bits per heavy atom. The van der Waals surface area contributed by atoms with Gasteiger partial charge in [0.25, 0.3) is 0 Å². The highest BCUT2D eigenvalue weighted by Crippen LogP contribution is 2.17. The number of hydrogen-bond donors (Lipinski definition) is 0. The van der Waals surface area contributed by atoms with E-state index < -0.39 is 0 Å². The van der Waals surface area contributed by atoms with Crippen LogP contribution in [0.1, 0.15) is 18.9 Å². The summed E-state index contributed by atoms with van der Waals surface area (Å²) in [6, 6.07) is 8.23. The second-order valence-electron chi connectivity index (χ2n) is 2.66. The lowest BCUT2D eigenvalue weighted by molar-refractivity contribution is 0.627. The van der Waals surface area contributed by atoms with E-state index in [4.69, 9.17) is 5.26 Å². The fourth-order valence-corrected chi connectivity index (χ4v) is 1.16. The van der Waals surface area contributed by atoms with Crippen molar-refractivity contribution in [2.24, 2.45) is 0 Å². The largest absolute Gasteiger partial charge is 0.207 e. The van der Waals surface area contributed by atoms with Gasteiger partial charge in [0.2, 0.25) is 0 Å². The van der Waals surface area contributed by atoms with Crippen LogP contribution in [0.5, 0.6) is 0 Å². The Labute approximate surface area is 77.1 Å².